The highest BCUT2D eigenvalue weighted by molar-refractivity contribution is 6.14. The minimum Gasteiger partial charge on any atom is -0.292 e. The molecule has 0 saturated heterocycles. The van der Waals surface area contributed by atoms with Crippen LogP contribution in [0.5, 0.6) is 0 Å². The molecule has 0 unspecified atom stereocenters. The number of nitrogens with zero attached hydrogens (tertiary/aromatic N) is 3. The van der Waals surface area contributed by atoms with E-state index in [9.17, 15) is 0 Å². The average molecular weight is 538 g/mol. The Kier molecular flexibility index (Phi) is 4.67. The lowest BCUT2D eigenvalue weighted by molar-refractivity contribution is 0.661. The van der Waals surface area contributed by atoms with E-state index in [1.54, 1.807) is 0 Å². The van der Waals surface area contributed by atoms with Gasteiger partial charge in [0.05, 0.1) is 22.1 Å². The lowest BCUT2D eigenvalue weighted by Crippen LogP contribution is -2.17. The van der Waals surface area contributed by atoms with Gasteiger partial charge in [0, 0.05) is 21.8 Å². The van der Waals surface area contributed by atoms with Gasteiger partial charge in [-0.1, -0.05) is 111 Å². The maximum Gasteiger partial charge on any atom is 0.165 e. The number of hydrogen-bond donors (Lipinski definition) is 0. The average Bonchev–Trinajstić information content (AvgIpc) is 3.47. The van der Waals surface area contributed by atoms with Gasteiger partial charge < -0.3 is 0 Å². The standard InChI is InChI=1S/C39H27N3/c1-39(2)31-18-7-5-14-26(31)28-16-11-17-29(36(28)39)37-38(41-33-20-9-8-19-32(33)40-37)42-34-21-10-6-15-27(34)30-22-24-12-3-4-13-25(24)23-35(30)42/h3-23H,1-2H3. The fraction of sp³-hybridized carbons (Fsp3) is 0.0769. The SMILES string of the molecule is CC1(C)c2ccccc2-c2cccc(-c3nc4ccccc4nc3-n3c4ccccc4c4cc5ccccc5cc43)c21. The first-order valence-electron chi connectivity index (χ1n) is 14.5. The molecule has 3 heteroatoms. The molecule has 0 bridgehead atoms. The van der Waals surface area contributed by atoms with Crippen LogP contribution in [0, 0.1) is 0 Å². The van der Waals surface area contributed by atoms with Crippen molar-refractivity contribution in [3.8, 4) is 28.2 Å². The molecule has 0 amide bonds. The molecule has 1 aliphatic carbocycles. The Morgan fingerprint density at radius 3 is 2.02 bits per heavy atom. The highest BCUT2D eigenvalue weighted by Gasteiger charge is 2.38. The van der Waals surface area contributed by atoms with Crippen molar-refractivity contribution in [1.29, 1.82) is 0 Å². The van der Waals surface area contributed by atoms with Crippen molar-refractivity contribution in [3.05, 3.63) is 139 Å². The molecule has 3 nitrogen and oxygen atoms in total. The Morgan fingerprint density at radius 1 is 0.524 bits per heavy atom. The van der Waals surface area contributed by atoms with E-state index in [0.29, 0.717) is 0 Å². The molecular weight excluding hydrogens is 510 g/mol. The van der Waals surface area contributed by atoms with Gasteiger partial charge in [0.1, 0.15) is 5.69 Å². The van der Waals surface area contributed by atoms with Crippen LogP contribution in [0.1, 0.15) is 25.0 Å². The molecule has 0 saturated carbocycles. The van der Waals surface area contributed by atoms with Gasteiger partial charge in [-0.05, 0) is 63.4 Å². The van der Waals surface area contributed by atoms with Crippen molar-refractivity contribution in [3.63, 3.8) is 0 Å². The van der Waals surface area contributed by atoms with Crippen molar-refractivity contribution in [1.82, 2.24) is 14.5 Å². The summed E-state index contributed by atoms with van der Waals surface area (Å²) in [5.41, 5.74) is 11.2. The Hall–Kier alpha value is -5.28. The molecule has 0 aliphatic heterocycles. The van der Waals surface area contributed by atoms with E-state index in [2.05, 4.69) is 134 Å². The summed E-state index contributed by atoms with van der Waals surface area (Å²) in [6, 6.07) is 45.6. The molecule has 1 aliphatic rings. The largest absolute Gasteiger partial charge is 0.292 e. The third kappa shape index (κ3) is 3.11. The van der Waals surface area contributed by atoms with Gasteiger partial charge in [-0.3, -0.25) is 4.57 Å². The highest BCUT2D eigenvalue weighted by Crippen LogP contribution is 2.52. The second-order valence-electron chi connectivity index (χ2n) is 11.9. The molecule has 0 atom stereocenters. The molecule has 0 radical (unpaired) electrons. The van der Waals surface area contributed by atoms with Gasteiger partial charge in [0.25, 0.3) is 0 Å². The van der Waals surface area contributed by atoms with Crippen LogP contribution in [0.2, 0.25) is 0 Å². The van der Waals surface area contributed by atoms with Crippen molar-refractivity contribution in [2.75, 3.05) is 0 Å². The van der Waals surface area contributed by atoms with E-state index in [0.717, 1.165) is 39.1 Å². The van der Waals surface area contributed by atoms with E-state index in [-0.39, 0.29) is 5.41 Å². The molecule has 0 fully saturated rings. The predicted molar refractivity (Wildman–Crippen MR) is 174 cm³/mol. The molecular formula is C39H27N3. The van der Waals surface area contributed by atoms with Gasteiger partial charge in [-0.15, -0.1) is 0 Å². The van der Waals surface area contributed by atoms with E-state index in [1.165, 1.54) is 43.8 Å². The van der Waals surface area contributed by atoms with Crippen molar-refractivity contribution in [2.45, 2.75) is 19.3 Å². The lowest BCUT2D eigenvalue weighted by Gasteiger charge is -2.25. The summed E-state index contributed by atoms with van der Waals surface area (Å²) in [6.45, 7) is 4.67. The molecule has 8 aromatic rings. The van der Waals surface area contributed by atoms with E-state index < -0.39 is 0 Å². The second kappa shape index (κ2) is 8.37. The summed E-state index contributed by atoms with van der Waals surface area (Å²) in [7, 11) is 0. The highest BCUT2D eigenvalue weighted by atomic mass is 15.1. The van der Waals surface area contributed by atoms with Gasteiger partial charge in [0.15, 0.2) is 5.82 Å². The van der Waals surface area contributed by atoms with Gasteiger partial charge >= 0.3 is 0 Å². The first-order valence-corrected chi connectivity index (χ1v) is 14.5. The fourth-order valence-corrected chi connectivity index (χ4v) is 7.26. The topological polar surface area (TPSA) is 30.7 Å². The zero-order valence-corrected chi connectivity index (χ0v) is 23.5. The molecule has 6 aromatic carbocycles. The van der Waals surface area contributed by atoms with Crippen molar-refractivity contribution in [2.24, 2.45) is 0 Å². The normalized spacial score (nSPS) is 13.7. The van der Waals surface area contributed by atoms with Crippen LogP contribution >= 0.6 is 0 Å². The molecule has 9 rings (SSSR count). The summed E-state index contributed by atoms with van der Waals surface area (Å²) < 4.78 is 2.33. The fourth-order valence-electron chi connectivity index (χ4n) is 7.26. The maximum absolute atomic E-state index is 5.40. The second-order valence-corrected chi connectivity index (χ2v) is 11.9. The van der Waals surface area contributed by atoms with Crippen LogP contribution in [-0.2, 0) is 5.41 Å². The Labute approximate surface area is 243 Å². The first-order chi connectivity index (χ1) is 20.6. The van der Waals surface area contributed by atoms with E-state index in [4.69, 9.17) is 9.97 Å². The molecule has 2 heterocycles. The van der Waals surface area contributed by atoms with E-state index >= 15 is 0 Å². The zero-order chi connectivity index (χ0) is 28.0. The van der Waals surface area contributed by atoms with Gasteiger partial charge in [-0.25, -0.2) is 9.97 Å². The monoisotopic (exact) mass is 537 g/mol. The zero-order valence-electron chi connectivity index (χ0n) is 23.5. The van der Waals surface area contributed by atoms with Crippen molar-refractivity contribution < 1.29 is 0 Å². The Balaban J connectivity index is 1.44. The van der Waals surface area contributed by atoms with Gasteiger partial charge in [0.2, 0.25) is 0 Å². The molecule has 2 aromatic heterocycles. The van der Waals surface area contributed by atoms with Crippen LogP contribution in [-0.4, -0.2) is 14.5 Å². The minimum atomic E-state index is -0.176. The van der Waals surface area contributed by atoms with Crippen LogP contribution < -0.4 is 0 Å². The Morgan fingerprint density at radius 2 is 1.17 bits per heavy atom. The lowest BCUT2D eigenvalue weighted by atomic mass is 9.79. The molecule has 42 heavy (non-hydrogen) atoms. The first kappa shape index (κ1) is 23.4. The Bertz CT molecular complexity index is 2390. The molecule has 0 N–H and O–H groups in total. The third-order valence-corrected chi connectivity index (χ3v) is 9.14. The number of para-hydroxylation sites is 3. The van der Waals surface area contributed by atoms with E-state index in [1.807, 2.05) is 12.1 Å². The summed E-state index contributed by atoms with van der Waals surface area (Å²) in [6.07, 6.45) is 0. The van der Waals surface area contributed by atoms with Gasteiger partial charge in [-0.2, -0.15) is 0 Å². The summed E-state index contributed by atoms with van der Waals surface area (Å²) >= 11 is 0. The van der Waals surface area contributed by atoms with Crippen LogP contribution in [0.3, 0.4) is 0 Å². The number of aromatic nitrogens is 3. The maximum atomic E-state index is 5.40. The number of fused-ring (bicyclic) bond motifs is 8. The van der Waals surface area contributed by atoms with Crippen LogP contribution in [0.4, 0.5) is 0 Å². The summed E-state index contributed by atoms with van der Waals surface area (Å²) in [5, 5.41) is 4.88. The number of hydrogen-bond acceptors (Lipinski definition) is 2. The molecule has 0 spiro atoms. The quantitative estimate of drug-likeness (QED) is 0.220. The number of benzene rings is 6. The third-order valence-electron chi connectivity index (χ3n) is 9.14. The number of rotatable bonds is 2. The summed E-state index contributed by atoms with van der Waals surface area (Å²) in [4.78, 5) is 10.8. The minimum absolute atomic E-state index is 0.176. The van der Waals surface area contributed by atoms with Crippen LogP contribution in [0.25, 0.3) is 71.8 Å². The molecule has 198 valence electrons. The summed E-state index contributed by atoms with van der Waals surface area (Å²) in [5.74, 6) is 0.857. The smallest absolute Gasteiger partial charge is 0.165 e. The predicted octanol–water partition coefficient (Wildman–Crippen LogP) is 9.85. The van der Waals surface area contributed by atoms with Crippen molar-refractivity contribution >= 4 is 43.6 Å². The van der Waals surface area contributed by atoms with Crippen LogP contribution in [0.15, 0.2) is 127 Å².